The molecule has 0 amide bonds. The second-order valence-corrected chi connectivity index (χ2v) is 7.54. The fourth-order valence-corrected chi connectivity index (χ4v) is 3.73. The lowest BCUT2D eigenvalue weighted by Crippen LogP contribution is -2.12. The average molecular weight is 339 g/mol. The third-order valence-electron chi connectivity index (χ3n) is 4.39. The van der Waals surface area contributed by atoms with Crippen molar-refractivity contribution in [2.75, 3.05) is 0 Å². The molecule has 0 saturated carbocycles. The molecule has 1 aliphatic rings. The Morgan fingerprint density at radius 1 is 1.29 bits per heavy atom. The zero-order valence-electron chi connectivity index (χ0n) is 14.1. The van der Waals surface area contributed by atoms with Crippen molar-refractivity contribution in [1.29, 1.82) is 0 Å². The van der Waals surface area contributed by atoms with Gasteiger partial charge in [-0.2, -0.15) is 0 Å². The van der Waals surface area contributed by atoms with Gasteiger partial charge in [-0.05, 0) is 35.5 Å². The topological polar surface area (TPSA) is 50.2 Å². The van der Waals surface area contributed by atoms with E-state index in [2.05, 4.69) is 49.2 Å². The van der Waals surface area contributed by atoms with Crippen LogP contribution in [0.2, 0.25) is 0 Å². The molecule has 2 aromatic rings. The van der Waals surface area contributed by atoms with E-state index in [1.807, 2.05) is 13.1 Å². The van der Waals surface area contributed by atoms with Crippen LogP contribution in [0.1, 0.15) is 43.7 Å². The number of aromatic nitrogens is 1. The van der Waals surface area contributed by atoms with Crippen molar-refractivity contribution in [3.63, 3.8) is 0 Å². The third-order valence-corrected chi connectivity index (χ3v) is 5.49. The fraction of sp³-hybridized carbons (Fsp3) is 0.300. The summed E-state index contributed by atoms with van der Waals surface area (Å²) in [5.74, 6) is -0.270. The Labute approximate surface area is 146 Å². The summed E-state index contributed by atoms with van der Waals surface area (Å²) < 4.78 is 0. The molecule has 0 bridgehead atoms. The molecular formula is C20H21NO2S. The van der Waals surface area contributed by atoms with Crippen LogP contribution in [0.15, 0.2) is 48.2 Å². The Morgan fingerprint density at radius 3 is 2.62 bits per heavy atom. The van der Waals surface area contributed by atoms with Crippen molar-refractivity contribution in [1.82, 2.24) is 4.98 Å². The summed E-state index contributed by atoms with van der Waals surface area (Å²) in [6.07, 6.45) is 6.46. The van der Waals surface area contributed by atoms with E-state index in [-0.39, 0.29) is 5.92 Å². The molecule has 0 saturated heterocycles. The van der Waals surface area contributed by atoms with Gasteiger partial charge in [-0.15, -0.1) is 11.3 Å². The van der Waals surface area contributed by atoms with Gasteiger partial charge in [-0.1, -0.05) is 51.1 Å². The molecule has 1 atom stereocenters. The molecule has 3 nitrogen and oxygen atoms in total. The van der Waals surface area contributed by atoms with Crippen molar-refractivity contribution < 1.29 is 9.90 Å². The summed E-state index contributed by atoms with van der Waals surface area (Å²) in [6, 6.07) is 8.57. The minimum atomic E-state index is -0.839. The maximum absolute atomic E-state index is 11.3. The quantitative estimate of drug-likeness (QED) is 0.815. The molecule has 3 rings (SSSR count). The maximum Gasteiger partial charge on any atom is 0.331 e. The van der Waals surface area contributed by atoms with Gasteiger partial charge in [0.05, 0.1) is 4.88 Å². The zero-order chi connectivity index (χ0) is 17.3. The molecule has 4 heteroatoms. The first-order valence-corrected chi connectivity index (χ1v) is 8.99. The SMILES string of the molecule is CC1CC=C(c2ncc(-c3ccc(C(C)C)cc3)s2)C=C1C(=O)O. The van der Waals surface area contributed by atoms with E-state index in [4.69, 9.17) is 0 Å². The molecule has 0 radical (unpaired) electrons. The van der Waals surface area contributed by atoms with Gasteiger partial charge < -0.3 is 5.11 Å². The molecule has 1 heterocycles. The molecule has 0 aliphatic heterocycles. The second-order valence-electron chi connectivity index (χ2n) is 6.51. The van der Waals surface area contributed by atoms with Crippen LogP contribution in [0, 0.1) is 5.92 Å². The van der Waals surface area contributed by atoms with Crippen LogP contribution < -0.4 is 0 Å². The highest BCUT2D eigenvalue weighted by atomic mass is 32.1. The Hall–Kier alpha value is -2.20. The van der Waals surface area contributed by atoms with Crippen molar-refractivity contribution in [3.05, 3.63) is 58.8 Å². The van der Waals surface area contributed by atoms with Crippen LogP contribution in [-0.4, -0.2) is 16.1 Å². The predicted molar refractivity (Wildman–Crippen MR) is 99.1 cm³/mol. The lowest BCUT2D eigenvalue weighted by Gasteiger charge is -2.16. The summed E-state index contributed by atoms with van der Waals surface area (Å²) in [6.45, 7) is 6.31. The number of rotatable bonds is 4. The summed E-state index contributed by atoms with van der Waals surface area (Å²) in [4.78, 5) is 16.9. The molecule has 0 spiro atoms. The molecular weight excluding hydrogens is 318 g/mol. The Kier molecular flexibility index (Phi) is 4.67. The zero-order valence-corrected chi connectivity index (χ0v) is 14.9. The summed E-state index contributed by atoms with van der Waals surface area (Å²) >= 11 is 1.60. The molecule has 1 aromatic heterocycles. The smallest absolute Gasteiger partial charge is 0.331 e. The summed E-state index contributed by atoms with van der Waals surface area (Å²) in [5.41, 5.74) is 3.85. The molecule has 0 fully saturated rings. The predicted octanol–water partition coefficient (Wildman–Crippen LogP) is 5.37. The third kappa shape index (κ3) is 3.34. The number of carbonyl (C=O) groups is 1. The number of benzene rings is 1. The number of thiazole rings is 1. The van der Waals surface area contributed by atoms with Crippen molar-refractivity contribution in [2.24, 2.45) is 5.92 Å². The van der Waals surface area contributed by atoms with Gasteiger partial charge in [0, 0.05) is 17.3 Å². The normalized spacial score (nSPS) is 17.6. The van der Waals surface area contributed by atoms with Crippen LogP contribution in [0.25, 0.3) is 16.0 Å². The van der Waals surface area contributed by atoms with Crippen LogP contribution in [0.4, 0.5) is 0 Å². The number of hydrogen-bond acceptors (Lipinski definition) is 3. The maximum atomic E-state index is 11.3. The van der Waals surface area contributed by atoms with Crippen LogP contribution >= 0.6 is 11.3 Å². The Balaban J connectivity index is 1.87. The molecule has 124 valence electrons. The van der Waals surface area contributed by atoms with Crippen molar-refractivity contribution >= 4 is 22.9 Å². The highest BCUT2D eigenvalue weighted by Crippen LogP contribution is 2.34. The highest BCUT2D eigenvalue weighted by molar-refractivity contribution is 7.16. The molecule has 1 aromatic carbocycles. The van der Waals surface area contributed by atoms with Gasteiger partial charge in [0.15, 0.2) is 0 Å². The number of carboxylic acids is 1. The van der Waals surface area contributed by atoms with Gasteiger partial charge in [0.25, 0.3) is 0 Å². The second kappa shape index (κ2) is 6.73. The first kappa shape index (κ1) is 16.7. The van der Waals surface area contributed by atoms with E-state index in [1.54, 1.807) is 17.4 Å². The van der Waals surface area contributed by atoms with Gasteiger partial charge in [0.2, 0.25) is 0 Å². The lowest BCUT2D eigenvalue weighted by molar-refractivity contribution is -0.133. The monoisotopic (exact) mass is 339 g/mol. The lowest BCUT2D eigenvalue weighted by atomic mass is 9.90. The van der Waals surface area contributed by atoms with Gasteiger partial charge >= 0.3 is 5.97 Å². The number of hydrogen-bond donors (Lipinski definition) is 1. The van der Waals surface area contributed by atoms with Crippen LogP contribution in [0.3, 0.4) is 0 Å². The number of carboxylic acid groups (broad SMARTS) is 1. The minimum Gasteiger partial charge on any atom is -0.478 e. The van der Waals surface area contributed by atoms with Crippen molar-refractivity contribution in [2.45, 2.75) is 33.1 Å². The van der Waals surface area contributed by atoms with E-state index < -0.39 is 5.97 Å². The van der Waals surface area contributed by atoms with Gasteiger partial charge in [-0.25, -0.2) is 9.78 Å². The summed E-state index contributed by atoms with van der Waals surface area (Å²) in [7, 11) is 0. The Morgan fingerprint density at radius 2 is 2.00 bits per heavy atom. The molecule has 24 heavy (non-hydrogen) atoms. The van der Waals surface area contributed by atoms with Gasteiger partial charge in [-0.3, -0.25) is 0 Å². The van der Waals surface area contributed by atoms with Gasteiger partial charge in [0.1, 0.15) is 5.01 Å². The molecule has 1 unspecified atom stereocenters. The molecule has 1 aliphatic carbocycles. The van der Waals surface area contributed by atoms with E-state index in [0.717, 1.165) is 27.4 Å². The van der Waals surface area contributed by atoms with E-state index >= 15 is 0 Å². The van der Waals surface area contributed by atoms with E-state index in [0.29, 0.717) is 11.5 Å². The Bertz CT molecular complexity index is 812. The largest absolute Gasteiger partial charge is 0.478 e. The minimum absolute atomic E-state index is 0.0502. The van der Waals surface area contributed by atoms with Crippen molar-refractivity contribution in [3.8, 4) is 10.4 Å². The highest BCUT2D eigenvalue weighted by Gasteiger charge is 2.21. The number of nitrogens with zero attached hydrogens (tertiary/aromatic N) is 1. The number of aliphatic carboxylic acids is 1. The van der Waals surface area contributed by atoms with E-state index in [9.17, 15) is 9.90 Å². The first-order chi connectivity index (χ1) is 11.5. The van der Waals surface area contributed by atoms with Crippen LogP contribution in [-0.2, 0) is 4.79 Å². The standard InChI is InChI=1S/C20H21NO2S/c1-12(2)14-6-8-15(9-7-14)18-11-21-19(24-18)16-5-4-13(3)17(10-16)20(22)23/h5-13H,4H2,1-3H3,(H,22,23). The van der Waals surface area contributed by atoms with Crippen LogP contribution in [0.5, 0.6) is 0 Å². The fourth-order valence-electron chi connectivity index (χ4n) is 2.79. The number of allylic oxidation sites excluding steroid dienone is 3. The average Bonchev–Trinajstić information content (AvgIpc) is 3.05. The first-order valence-electron chi connectivity index (χ1n) is 8.17. The molecule has 1 N–H and O–H groups in total. The summed E-state index contributed by atoms with van der Waals surface area (Å²) in [5, 5.41) is 10.2. The van der Waals surface area contributed by atoms with E-state index in [1.165, 1.54) is 5.56 Å².